The zero-order chi connectivity index (χ0) is 13.6. The minimum absolute atomic E-state index is 0.101. The molecule has 2 aromatic rings. The van der Waals surface area contributed by atoms with Crippen molar-refractivity contribution in [2.24, 2.45) is 0 Å². The zero-order valence-corrected chi connectivity index (χ0v) is 9.52. The van der Waals surface area contributed by atoms with Gasteiger partial charge in [-0.05, 0) is 30.3 Å². The molecule has 4 nitrogen and oxygen atoms in total. The summed E-state index contributed by atoms with van der Waals surface area (Å²) in [7, 11) is 0. The quantitative estimate of drug-likeness (QED) is 0.819. The van der Waals surface area contributed by atoms with Crippen molar-refractivity contribution < 1.29 is 18.7 Å². The first-order chi connectivity index (χ1) is 9.03. The largest absolute Gasteiger partial charge is 0.372 e. The number of hydrogen-bond acceptors (Lipinski definition) is 3. The number of aliphatic hydroxyl groups is 1. The van der Waals surface area contributed by atoms with Crippen molar-refractivity contribution in [2.75, 3.05) is 5.32 Å². The van der Waals surface area contributed by atoms with Crippen LogP contribution in [0.1, 0.15) is 11.1 Å². The van der Waals surface area contributed by atoms with Gasteiger partial charge in [0.15, 0.2) is 0 Å². The molecule has 2 N–H and O–H groups in total. The highest BCUT2D eigenvalue weighted by atomic mass is 19.1. The second-order valence-electron chi connectivity index (χ2n) is 4.19. The first-order valence-electron chi connectivity index (χ1n) is 5.48. The number of amides is 1. The average Bonchev–Trinajstić information content (AvgIpc) is 2.66. The molecule has 1 aromatic carbocycles. The molecule has 2 heterocycles. The molecule has 0 spiro atoms. The third-order valence-corrected chi connectivity index (χ3v) is 3.08. The van der Waals surface area contributed by atoms with Gasteiger partial charge in [0.2, 0.25) is 5.60 Å². The topological polar surface area (TPSA) is 62.2 Å². The van der Waals surface area contributed by atoms with Gasteiger partial charge in [0.25, 0.3) is 5.91 Å². The SMILES string of the molecule is O=C1Nc2ncccc2C1(O)c1cc(F)ccc1F. The molecule has 1 aliphatic heterocycles. The predicted molar refractivity (Wildman–Crippen MR) is 62.2 cm³/mol. The van der Waals surface area contributed by atoms with Crippen molar-refractivity contribution in [3.8, 4) is 0 Å². The van der Waals surface area contributed by atoms with E-state index in [1.165, 1.54) is 18.3 Å². The number of carbonyl (C=O) groups excluding carboxylic acids is 1. The zero-order valence-electron chi connectivity index (χ0n) is 9.52. The van der Waals surface area contributed by atoms with Gasteiger partial charge in [-0.2, -0.15) is 0 Å². The third-order valence-electron chi connectivity index (χ3n) is 3.08. The van der Waals surface area contributed by atoms with Crippen LogP contribution >= 0.6 is 0 Å². The summed E-state index contributed by atoms with van der Waals surface area (Å²) in [4.78, 5) is 15.8. The maximum Gasteiger partial charge on any atom is 0.267 e. The summed E-state index contributed by atoms with van der Waals surface area (Å²) in [5, 5.41) is 12.9. The highest BCUT2D eigenvalue weighted by Crippen LogP contribution is 2.40. The van der Waals surface area contributed by atoms with Crippen LogP contribution in [0.4, 0.5) is 14.6 Å². The van der Waals surface area contributed by atoms with Crippen LogP contribution in [-0.2, 0) is 10.4 Å². The molecular formula is C13H8F2N2O2. The van der Waals surface area contributed by atoms with Gasteiger partial charge in [-0.1, -0.05) is 0 Å². The summed E-state index contributed by atoms with van der Waals surface area (Å²) in [5.41, 5.74) is -2.60. The van der Waals surface area contributed by atoms with E-state index in [4.69, 9.17) is 0 Å². The molecule has 1 aliphatic rings. The molecule has 19 heavy (non-hydrogen) atoms. The molecule has 1 amide bonds. The lowest BCUT2D eigenvalue weighted by molar-refractivity contribution is -0.129. The summed E-state index contributed by atoms with van der Waals surface area (Å²) in [5.74, 6) is -2.32. The molecule has 96 valence electrons. The van der Waals surface area contributed by atoms with Crippen molar-refractivity contribution in [3.63, 3.8) is 0 Å². The van der Waals surface area contributed by atoms with Crippen molar-refractivity contribution in [3.05, 3.63) is 59.3 Å². The van der Waals surface area contributed by atoms with Crippen LogP contribution in [0, 0.1) is 11.6 Å². The van der Waals surface area contributed by atoms with E-state index in [1.807, 2.05) is 0 Å². The fraction of sp³-hybridized carbons (Fsp3) is 0.0769. The summed E-state index contributed by atoms with van der Waals surface area (Å²) < 4.78 is 27.1. The Hall–Kier alpha value is -2.34. The molecule has 0 saturated carbocycles. The summed E-state index contributed by atoms with van der Waals surface area (Å²) in [6.45, 7) is 0. The highest BCUT2D eigenvalue weighted by Gasteiger charge is 2.49. The van der Waals surface area contributed by atoms with Gasteiger partial charge in [0, 0.05) is 17.3 Å². The van der Waals surface area contributed by atoms with Gasteiger partial charge in [-0.25, -0.2) is 13.8 Å². The minimum Gasteiger partial charge on any atom is -0.372 e. The third kappa shape index (κ3) is 1.53. The van der Waals surface area contributed by atoms with Crippen LogP contribution in [0.5, 0.6) is 0 Å². The maximum atomic E-state index is 13.8. The molecule has 3 rings (SSSR count). The van der Waals surface area contributed by atoms with E-state index >= 15 is 0 Å². The number of anilines is 1. The first-order valence-corrected chi connectivity index (χ1v) is 5.48. The summed E-state index contributed by atoms with van der Waals surface area (Å²) in [6, 6.07) is 5.52. The number of nitrogens with one attached hydrogen (secondary N) is 1. The number of aromatic nitrogens is 1. The van der Waals surface area contributed by atoms with Gasteiger partial charge in [0.1, 0.15) is 17.5 Å². The number of rotatable bonds is 1. The van der Waals surface area contributed by atoms with Crippen LogP contribution in [0.25, 0.3) is 0 Å². The molecule has 1 aromatic heterocycles. The molecule has 0 saturated heterocycles. The molecule has 0 aliphatic carbocycles. The Morgan fingerprint density at radius 1 is 1.21 bits per heavy atom. The highest BCUT2D eigenvalue weighted by molar-refractivity contribution is 6.06. The molecular weight excluding hydrogens is 254 g/mol. The van der Waals surface area contributed by atoms with Crippen molar-refractivity contribution in [1.29, 1.82) is 0 Å². The van der Waals surface area contributed by atoms with Crippen molar-refractivity contribution in [1.82, 2.24) is 4.98 Å². The van der Waals surface area contributed by atoms with Gasteiger partial charge in [-0.3, -0.25) is 4.79 Å². The summed E-state index contributed by atoms with van der Waals surface area (Å²) in [6.07, 6.45) is 1.42. The minimum atomic E-state index is -2.27. The second kappa shape index (κ2) is 3.83. The van der Waals surface area contributed by atoms with E-state index in [0.29, 0.717) is 0 Å². The maximum absolute atomic E-state index is 13.8. The fourth-order valence-electron chi connectivity index (χ4n) is 2.16. The van der Waals surface area contributed by atoms with Crippen molar-refractivity contribution >= 4 is 11.7 Å². The standard InChI is InChI=1S/C13H8F2N2O2/c14-7-3-4-10(15)9(6-7)13(19)8-2-1-5-16-11(8)17-12(13)18/h1-6,19H,(H,16,17,18). The average molecular weight is 262 g/mol. The number of benzene rings is 1. The molecule has 0 radical (unpaired) electrons. The van der Waals surface area contributed by atoms with E-state index in [2.05, 4.69) is 10.3 Å². The normalized spacial score (nSPS) is 21.1. The Bertz CT molecular complexity index is 690. The van der Waals surface area contributed by atoms with E-state index in [-0.39, 0.29) is 11.4 Å². The van der Waals surface area contributed by atoms with Gasteiger partial charge < -0.3 is 10.4 Å². The fourth-order valence-corrected chi connectivity index (χ4v) is 2.16. The number of hydrogen-bond donors (Lipinski definition) is 2. The van der Waals surface area contributed by atoms with Gasteiger partial charge in [0.05, 0.1) is 0 Å². The van der Waals surface area contributed by atoms with Crippen LogP contribution in [0.2, 0.25) is 0 Å². The monoisotopic (exact) mass is 262 g/mol. The van der Waals surface area contributed by atoms with Crippen LogP contribution in [0.3, 0.4) is 0 Å². The molecule has 6 heteroatoms. The lowest BCUT2D eigenvalue weighted by Crippen LogP contribution is -2.36. The molecule has 0 bridgehead atoms. The number of fused-ring (bicyclic) bond motifs is 1. The van der Waals surface area contributed by atoms with E-state index < -0.39 is 28.7 Å². The summed E-state index contributed by atoms with van der Waals surface area (Å²) >= 11 is 0. The Morgan fingerprint density at radius 2 is 2.00 bits per heavy atom. The van der Waals surface area contributed by atoms with Crippen molar-refractivity contribution in [2.45, 2.75) is 5.60 Å². The Labute approximate surface area is 106 Å². The lowest BCUT2D eigenvalue weighted by atomic mass is 9.88. The predicted octanol–water partition coefficient (Wildman–Crippen LogP) is 1.55. The number of carbonyl (C=O) groups is 1. The van der Waals surface area contributed by atoms with Gasteiger partial charge in [-0.15, -0.1) is 0 Å². The van der Waals surface area contributed by atoms with Gasteiger partial charge >= 0.3 is 0 Å². The van der Waals surface area contributed by atoms with E-state index in [1.54, 1.807) is 0 Å². The van der Waals surface area contributed by atoms with E-state index in [0.717, 1.165) is 18.2 Å². The molecule has 1 unspecified atom stereocenters. The molecule has 0 fully saturated rings. The second-order valence-corrected chi connectivity index (χ2v) is 4.19. The number of nitrogens with zero attached hydrogens (tertiary/aromatic N) is 1. The number of pyridine rings is 1. The Kier molecular flexibility index (Phi) is 2.36. The van der Waals surface area contributed by atoms with E-state index in [9.17, 15) is 18.7 Å². The number of halogens is 2. The lowest BCUT2D eigenvalue weighted by Gasteiger charge is -2.21. The smallest absolute Gasteiger partial charge is 0.267 e. The van der Waals surface area contributed by atoms with Crippen LogP contribution in [0.15, 0.2) is 36.5 Å². The first kappa shape index (κ1) is 11.7. The van der Waals surface area contributed by atoms with Crippen LogP contribution in [-0.4, -0.2) is 16.0 Å². The Morgan fingerprint density at radius 3 is 2.79 bits per heavy atom. The molecule has 1 atom stereocenters. The van der Waals surface area contributed by atoms with Crippen LogP contribution < -0.4 is 5.32 Å². The Balaban J connectivity index is 2.28.